The summed E-state index contributed by atoms with van der Waals surface area (Å²) in [6.07, 6.45) is 1.52. The van der Waals surface area contributed by atoms with Crippen molar-refractivity contribution in [2.75, 3.05) is 32.3 Å². The minimum absolute atomic E-state index is 0.0737. The van der Waals surface area contributed by atoms with Crippen molar-refractivity contribution in [3.8, 4) is 5.75 Å². The first-order valence-electron chi connectivity index (χ1n) is 17.4. The van der Waals surface area contributed by atoms with Gasteiger partial charge >= 0.3 is 5.97 Å². The third-order valence-electron chi connectivity index (χ3n) is 11.3. The summed E-state index contributed by atoms with van der Waals surface area (Å²) in [6, 6.07) is 21.3. The number of unbranched alkanes of at least 4 members (excludes halogenated alkanes) is 1. The molecule has 3 heterocycles. The van der Waals surface area contributed by atoms with Gasteiger partial charge in [0.15, 0.2) is 5.60 Å². The summed E-state index contributed by atoms with van der Waals surface area (Å²) < 4.78 is 17.4. The SMILES string of the molecule is COC(=O)CCCCN1C(=O)[C@@]2(O[C@@H](CC(=O)N3Cc4ccccc4C[C@H]3CO)[C@H]([Si](C)(C)c3ccc(OC)cc3)[C@H]2C)c2cc(Cl)ccc21. The van der Waals surface area contributed by atoms with Crippen LogP contribution < -0.4 is 14.8 Å². The van der Waals surface area contributed by atoms with Crippen LogP contribution in [0.4, 0.5) is 5.69 Å². The highest BCUT2D eigenvalue weighted by molar-refractivity contribution is 6.91. The van der Waals surface area contributed by atoms with Crippen LogP contribution in [0.2, 0.25) is 23.7 Å². The molecule has 50 heavy (non-hydrogen) atoms. The highest BCUT2D eigenvalue weighted by Crippen LogP contribution is 2.60. The number of aliphatic hydroxyl groups is 1. The van der Waals surface area contributed by atoms with Crippen molar-refractivity contribution in [1.82, 2.24) is 4.90 Å². The fourth-order valence-electron chi connectivity index (χ4n) is 8.68. The number of carbonyl (C=O) groups excluding carboxylic acids is 3. The number of amides is 2. The maximum absolute atomic E-state index is 14.9. The Bertz CT molecular complexity index is 1750. The molecule has 11 heteroatoms. The molecule has 3 aliphatic rings. The molecule has 9 nitrogen and oxygen atoms in total. The van der Waals surface area contributed by atoms with Crippen LogP contribution in [0, 0.1) is 5.92 Å². The van der Waals surface area contributed by atoms with E-state index in [9.17, 15) is 19.5 Å². The molecule has 3 aromatic carbocycles. The van der Waals surface area contributed by atoms with Gasteiger partial charge in [0, 0.05) is 36.0 Å². The van der Waals surface area contributed by atoms with E-state index in [1.165, 1.54) is 12.3 Å². The third kappa shape index (κ3) is 6.36. The molecular weight excluding hydrogens is 672 g/mol. The van der Waals surface area contributed by atoms with Gasteiger partial charge in [-0.15, -0.1) is 0 Å². The standard InChI is InChI=1S/C39H47ClN2O7Si/c1-25-37(50(4,5)31-16-14-30(47-2)15-17-31)34(22-35(44)42-23-27-11-7-6-10-26(27)20-29(42)24-43)49-39(25)32-21-28(40)13-18-33(32)41(38(39)46)19-9-8-12-36(45)48-3/h6-7,10-11,13-18,21,25,29,34,37,43H,8-9,12,19-20,22-24H2,1-5H3/t25-,29+,34+,37-,39+/m1/s1. The number of fused-ring (bicyclic) bond motifs is 3. The molecule has 1 fully saturated rings. The molecular formula is C39H47ClN2O7Si. The predicted molar refractivity (Wildman–Crippen MR) is 195 cm³/mol. The lowest BCUT2D eigenvalue weighted by atomic mass is 9.82. The van der Waals surface area contributed by atoms with Gasteiger partial charge in [-0.2, -0.15) is 0 Å². The van der Waals surface area contributed by atoms with Crippen LogP contribution in [0.25, 0.3) is 0 Å². The largest absolute Gasteiger partial charge is 0.497 e. The van der Waals surface area contributed by atoms with Crippen molar-refractivity contribution in [3.05, 3.63) is 88.4 Å². The predicted octanol–water partition coefficient (Wildman–Crippen LogP) is 5.59. The normalized spacial score (nSPS) is 24.3. The van der Waals surface area contributed by atoms with Crippen LogP contribution in [-0.4, -0.2) is 75.4 Å². The maximum Gasteiger partial charge on any atom is 0.305 e. The van der Waals surface area contributed by atoms with Crippen LogP contribution in [0.3, 0.4) is 0 Å². The summed E-state index contributed by atoms with van der Waals surface area (Å²) >= 11 is 6.63. The molecule has 5 atom stereocenters. The van der Waals surface area contributed by atoms with E-state index in [2.05, 4.69) is 38.2 Å². The molecule has 3 aliphatic heterocycles. The van der Waals surface area contributed by atoms with Crippen molar-refractivity contribution >= 4 is 48.3 Å². The van der Waals surface area contributed by atoms with E-state index in [4.69, 9.17) is 25.8 Å². The zero-order valence-corrected chi connectivity index (χ0v) is 31.2. The number of aliphatic hydroxyl groups excluding tert-OH is 1. The number of esters is 1. The van der Waals surface area contributed by atoms with Gasteiger partial charge < -0.3 is 29.1 Å². The molecule has 0 unspecified atom stereocenters. The molecule has 0 radical (unpaired) electrons. The van der Waals surface area contributed by atoms with Crippen LogP contribution in [0.1, 0.15) is 49.3 Å². The Kier molecular flexibility index (Phi) is 10.5. The van der Waals surface area contributed by atoms with Crippen LogP contribution in [0.5, 0.6) is 5.75 Å². The van der Waals surface area contributed by atoms with Crippen LogP contribution >= 0.6 is 11.6 Å². The van der Waals surface area contributed by atoms with E-state index in [-0.39, 0.29) is 54.7 Å². The first-order valence-corrected chi connectivity index (χ1v) is 20.9. The quantitative estimate of drug-likeness (QED) is 0.157. The van der Waals surface area contributed by atoms with E-state index in [1.54, 1.807) is 23.0 Å². The third-order valence-corrected chi connectivity index (χ3v) is 15.9. The minimum atomic E-state index is -2.49. The summed E-state index contributed by atoms with van der Waals surface area (Å²) in [5, 5.41) is 12.1. The number of rotatable bonds is 11. The van der Waals surface area contributed by atoms with E-state index in [1.807, 2.05) is 42.5 Å². The second-order valence-corrected chi connectivity index (χ2v) is 19.5. The number of halogens is 1. The van der Waals surface area contributed by atoms with E-state index >= 15 is 0 Å². The van der Waals surface area contributed by atoms with Gasteiger partial charge in [-0.3, -0.25) is 14.4 Å². The Hall–Kier alpha value is -3.70. The van der Waals surface area contributed by atoms with Gasteiger partial charge in [-0.25, -0.2) is 0 Å². The number of methoxy groups -OCH3 is 2. The minimum Gasteiger partial charge on any atom is -0.497 e. The van der Waals surface area contributed by atoms with Gasteiger partial charge in [-0.05, 0) is 66.3 Å². The molecule has 266 valence electrons. The zero-order chi connectivity index (χ0) is 35.8. The van der Waals surface area contributed by atoms with E-state index in [0.29, 0.717) is 37.4 Å². The number of carbonyl (C=O) groups is 3. The molecule has 0 bridgehead atoms. The van der Waals surface area contributed by atoms with Crippen molar-refractivity contribution in [3.63, 3.8) is 0 Å². The van der Waals surface area contributed by atoms with Crippen molar-refractivity contribution in [1.29, 1.82) is 0 Å². The molecule has 0 aliphatic carbocycles. The second kappa shape index (κ2) is 14.5. The average molecular weight is 719 g/mol. The molecule has 2 amide bonds. The molecule has 1 saturated heterocycles. The van der Waals surface area contributed by atoms with Gasteiger partial charge in [0.2, 0.25) is 5.91 Å². The second-order valence-electron chi connectivity index (χ2n) is 14.3. The van der Waals surface area contributed by atoms with Crippen molar-refractivity contribution < 1.29 is 33.7 Å². The van der Waals surface area contributed by atoms with Crippen LogP contribution in [0.15, 0.2) is 66.7 Å². The lowest BCUT2D eigenvalue weighted by molar-refractivity contribution is -0.151. The summed E-state index contributed by atoms with van der Waals surface area (Å²) in [7, 11) is 0.524. The Morgan fingerprint density at radius 2 is 1.76 bits per heavy atom. The topological polar surface area (TPSA) is 106 Å². The first-order chi connectivity index (χ1) is 24.0. The molecule has 6 rings (SSSR count). The van der Waals surface area contributed by atoms with Crippen molar-refractivity contribution in [2.45, 2.75) is 82.0 Å². The van der Waals surface area contributed by atoms with E-state index in [0.717, 1.165) is 28.1 Å². The Morgan fingerprint density at radius 1 is 1.04 bits per heavy atom. The summed E-state index contributed by atoms with van der Waals surface area (Å²) in [6.45, 7) is 7.33. The summed E-state index contributed by atoms with van der Waals surface area (Å²) in [4.78, 5) is 44.7. The van der Waals surface area contributed by atoms with Gasteiger partial charge in [0.1, 0.15) is 5.75 Å². The fraction of sp³-hybridized carbons (Fsp3) is 0.462. The average Bonchev–Trinajstić information content (AvgIpc) is 3.54. The maximum atomic E-state index is 14.9. The summed E-state index contributed by atoms with van der Waals surface area (Å²) in [5.41, 5.74) is 2.19. The number of nitrogens with zero attached hydrogens (tertiary/aromatic N) is 2. The lowest BCUT2D eigenvalue weighted by Crippen LogP contribution is -2.52. The van der Waals surface area contributed by atoms with Gasteiger partial charge in [0.05, 0.1) is 53.2 Å². The number of anilines is 1. The Morgan fingerprint density at radius 3 is 2.44 bits per heavy atom. The fourth-order valence-corrected chi connectivity index (χ4v) is 12.9. The molecule has 1 spiro atoms. The van der Waals surface area contributed by atoms with E-state index < -0.39 is 19.8 Å². The number of hydrogen-bond donors (Lipinski definition) is 1. The monoisotopic (exact) mass is 718 g/mol. The number of benzene rings is 3. The Balaban J connectivity index is 1.38. The first kappa shape index (κ1) is 36.1. The number of hydrogen-bond acceptors (Lipinski definition) is 7. The van der Waals surface area contributed by atoms with Gasteiger partial charge in [-0.1, -0.05) is 73.2 Å². The molecule has 0 saturated carbocycles. The number of ether oxygens (including phenoxy) is 3. The molecule has 3 aromatic rings. The lowest BCUT2D eigenvalue weighted by Gasteiger charge is -2.39. The summed E-state index contributed by atoms with van der Waals surface area (Å²) in [5.74, 6) is -0.0931. The smallest absolute Gasteiger partial charge is 0.305 e. The van der Waals surface area contributed by atoms with Crippen molar-refractivity contribution in [2.24, 2.45) is 5.92 Å². The Labute approximate surface area is 300 Å². The molecule has 0 aromatic heterocycles. The highest BCUT2D eigenvalue weighted by atomic mass is 35.5. The zero-order valence-electron chi connectivity index (χ0n) is 29.5. The highest BCUT2D eigenvalue weighted by Gasteiger charge is 2.66. The van der Waals surface area contributed by atoms with Gasteiger partial charge in [0.25, 0.3) is 5.91 Å². The van der Waals surface area contributed by atoms with Crippen LogP contribution in [-0.2, 0) is 42.4 Å². The molecule has 1 N–H and O–H groups in total.